The molecule has 3 aromatic carbocycles. The summed E-state index contributed by atoms with van der Waals surface area (Å²) >= 11 is 0. The van der Waals surface area contributed by atoms with Crippen LogP contribution in [0.3, 0.4) is 0 Å². The van der Waals surface area contributed by atoms with Crippen LogP contribution in [0.25, 0.3) is 0 Å². The standard InChI is InChI=1S/C24H21N3O3/c1-2-8-17-11-6-13-20(22(17)28)16-25-27-24(30)19-12-7-14-21(15-19)26-23(29)18-9-4-3-5-10-18/h2-7,9-16,28H,1,8H2,(H,26,29)(H,27,30)/b25-16+. The predicted octanol–water partition coefficient (Wildman–Crippen LogP) is 4.14. The van der Waals surface area contributed by atoms with Gasteiger partial charge in [0.25, 0.3) is 11.8 Å². The van der Waals surface area contributed by atoms with Gasteiger partial charge in [-0.2, -0.15) is 5.10 Å². The van der Waals surface area contributed by atoms with E-state index in [2.05, 4.69) is 22.4 Å². The van der Waals surface area contributed by atoms with Gasteiger partial charge >= 0.3 is 0 Å². The van der Waals surface area contributed by atoms with Gasteiger partial charge in [-0.15, -0.1) is 6.58 Å². The van der Waals surface area contributed by atoms with Crippen molar-refractivity contribution >= 4 is 23.7 Å². The molecule has 0 heterocycles. The summed E-state index contributed by atoms with van der Waals surface area (Å²) in [7, 11) is 0. The maximum Gasteiger partial charge on any atom is 0.271 e. The Kier molecular flexibility index (Phi) is 6.74. The van der Waals surface area contributed by atoms with Gasteiger partial charge in [0.15, 0.2) is 0 Å². The third kappa shape index (κ3) is 5.20. The topological polar surface area (TPSA) is 90.8 Å². The fourth-order valence-electron chi connectivity index (χ4n) is 2.79. The van der Waals surface area contributed by atoms with E-state index < -0.39 is 5.91 Å². The van der Waals surface area contributed by atoms with Crippen LogP contribution in [0, 0.1) is 0 Å². The summed E-state index contributed by atoms with van der Waals surface area (Å²) in [5, 5.41) is 16.9. The summed E-state index contributed by atoms with van der Waals surface area (Å²) in [4.78, 5) is 24.6. The normalized spacial score (nSPS) is 10.5. The molecule has 6 nitrogen and oxygen atoms in total. The number of carbonyl (C=O) groups is 2. The number of aromatic hydroxyl groups is 1. The molecule has 6 heteroatoms. The summed E-state index contributed by atoms with van der Waals surface area (Å²) in [5.74, 6) is -0.606. The number of anilines is 1. The van der Waals surface area contributed by atoms with E-state index in [0.717, 1.165) is 5.56 Å². The number of para-hydroxylation sites is 1. The van der Waals surface area contributed by atoms with Crippen molar-refractivity contribution in [1.82, 2.24) is 5.43 Å². The number of carbonyl (C=O) groups excluding carboxylic acids is 2. The van der Waals surface area contributed by atoms with Crippen molar-refractivity contribution in [1.29, 1.82) is 0 Å². The number of amides is 2. The van der Waals surface area contributed by atoms with E-state index in [9.17, 15) is 14.7 Å². The average molecular weight is 399 g/mol. The van der Waals surface area contributed by atoms with Crippen molar-refractivity contribution in [2.24, 2.45) is 5.10 Å². The zero-order valence-corrected chi connectivity index (χ0v) is 16.2. The molecule has 0 fully saturated rings. The van der Waals surface area contributed by atoms with Crippen LogP contribution in [-0.4, -0.2) is 23.1 Å². The zero-order chi connectivity index (χ0) is 21.3. The van der Waals surface area contributed by atoms with Gasteiger partial charge in [-0.25, -0.2) is 5.43 Å². The highest BCUT2D eigenvalue weighted by Crippen LogP contribution is 2.21. The molecule has 0 saturated carbocycles. The van der Waals surface area contributed by atoms with Crippen LogP contribution in [0.5, 0.6) is 5.75 Å². The van der Waals surface area contributed by atoms with E-state index in [1.165, 1.54) is 6.21 Å². The molecule has 0 atom stereocenters. The lowest BCUT2D eigenvalue weighted by Crippen LogP contribution is -2.18. The van der Waals surface area contributed by atoms with Crippen LogP contribution in [0.1, 0.15) is 31.8 Å². The van der Waals surface area contributed by atoms with Crippen molar-refractivity contribution in [2.45, 2.75) is 6.42 Å². The molecular formula is C24H21N3O3. The summed E-state index contributed by atoms with van der Waals surface area (Å²) < 4.78 is 0. The Morgan fingerprint density at radius 3 is 2.43 bits per heavy atom. The minimum Gasteiger partial charge on any atom is -0.507 e. The van der Waals surface area contributed by atoms with Crippen molar-refractivity contribution in [3.8, 4) is 5.75 Å². The molecule has 0 aromatic heterocycles. The van der Waals surface area contributed by atoms with Gasteiger partial charge in [-0.3, -0.25) is 9.59 Å². The van der Waals surface area contributed by atoms with Gasteiger partial charge in [-0.05, 0) is 48.4 Å². The monoisotopic (exact) mass is 399 g/mol. The molecule has 0 unspecified atom stereocenters. The number of phenolic OH excluding ortho intramolecular Hbond substituents is 1. The lowest BCUT2D eigenvalue weighted by molar-refractivity contribution is 0.0953. The van der Waals surface area contributed by atoms with Gasteiger partial charge in [-0.1, -0.05) is 42.5 Å². The minimum absolute atomic E-state index is 0.0982. The molecule has 0 saturated heterocycles. The number of hydrazone groups is 1. The summed E-state index contributed by atoms with van der Waals surface area (Å²) in [6.07, 6.45) is 3.60. The van der Waals surface area contributed by atoms with Gasteiger partial charge in [0.1, 0.15) is 5.75 Å². The molecule has 3 rings (SSSR count). The Morgan fingerprint density at radius 1 is 0.933 bits per heavy atom. The van der Waals surface area contributed by atoms with E-state index >= 15 is 0 Å². The lowest BCUT2D eigenvalue weighted by atomic mass is 10.1. The second-order valence-electron chi connectivity index (χ2n) is 6.45. The first-order chi connectivity index (χ1) is 14.6. The van der Waals surface area contributed by atoms with Crippen LogP contribution in [-0.2, 0) is 6.42 Å². The molecule has 0 bridgehead atoms. The molecule has 0 aliphatic rings. The number of nitrogens with zero attached hydrogens (tertiary/aromatic N) is 1. The zero-order valence-electron chi connectivity index (χ0n) is 16.2. The lowest BCUT2D eigenvalue weighted by Gasteiger charge is -2.07. The van der Waals surface area contributed by atoms with E-state index in [1.54, 1.807) is 72.8 Å². The third-order valence-corrected chi connectivity index (χ3v) is 4.30. The van der Waals surface area contributed by atoms with Gasteiger partial charge in [0.2, 0.25) is 0 Å². The summed E-state index contributed by atoms with van der Waals surface area (Å²) in [6.45, 7) is 3.66. The maximum atomic E-state index is 12.4. The number of phenols is 1. The molecule has 3 aromatic rings. The Hall–Kier alpha value is -4.19. The van der Waals surface area contributed by atoms with Crippen LogP contribution in [0.15, 0.2) is 90.6 Å². The number of nitrogens with one attached hydrogen (secondary N) is 2. The van der Waals surface area contributed by atoms with E-state index in [1.807, 2.05) is 6.07 Å². The average Bonchev–Trinajstić information content (AvgIpc) is 2.77. The van der Waals surface area contributed by atoms with E-state index in [-0.39, 0.29) is 11.7 Å². The molecule has 0 aliphatic carbocycles. The summed E-state index contributed by atoms with van der Waals surface area (Å²) in [5.41, 5.74) is 4.99. The fraction of sp³-hybridized carbons (Fsp3) is 0.0417. The molecule has 150 valence electrons. The number of hydrogen-bond acceptors (Lipinski definition) is 4. The van der Waals surface area contributed by atoms with E-state index in [0.29, 0.717) is 28.8 Å². The van der Waals surface area contributed by atoms with E-state index in [4.69, 9.17) is 0 Å². The number of hydrogen-bond donors (Lipinski definition) is 3. The molecule has 0 aliphatic heterocycles. The van der Waals surface area contributed by atoms with Crippen LogP contribution < -0.4 is 10.7 Å². The molecule has 0 spiro atoms. The predicted molar refractivity (Wildman–Crippen MR) is 118 cm³/mol. The first-order valence-corrected chi connectivity index (χ1v) is 9.30. The van der Waals surface area contributed by atoms with Gasteiger partial charge in [0, 0.05) is 22.4 Å². The maximum absolute atomic E-state index is 12.4. The van der Waals surface area contributed by atoms with Crippen LogP contribution >= 0.6 is 0 Å². The first kappa shape index (κ1) is 20.5. The SMILES string of the molecule is C=CCc1cccc(/C=N/NC(=O)c2cccc(NC(=O)c3ccccc3)c2)c1O. The Labute approximate surface area is 174 Å². The highest BCUT2D eigenvalue weighted by atomic mass is 16.3. The van der Waals surface area contributed by atoms with Crippen molar-refractivity contribution < 1.29 is 14.7 Å². The Morgan fingerprint density at radius 2 is 1.67 bits per heavy atom. The largest absolute Gasteiger partial charge is 0.507 e. The summed E-state index contributed by atoms with van der Waals surface area (Å²) in [6, 6.07) is 20.6. The second kappa shape index (κ2) is 9.84. The molecule has 0 radical (unpaired) electrons. The van der Waals surface area contributed by atoms with Crippen LogP contribution in [0.2, 0.25) is 0 Å². The van der Waals surface area contributed by atoms with Crippen LogP contribution in [0.4, 0.5) is 5.69 Å². The van der Waals surface area contributed by atoms with Gasteiger partial charge < -0.3 is 10.4 Å². The number of allylic oxidation sites excluding steroid dienone is 1. The van der Waals surface area contributed by atoms with Crippen molar-refractivity contribution in [2.75, 3.05) is 5.32 Å². The smallest absolute Gasteiger partial charge is 0.271 e. The second-order valence-corrected chi connectivity index (χ2v) is 6.45. The third-order valence-electron chi connectivity index (χ3n) is 4.30. The molecule has 30 heavy (non-hydrogen) atoms. The highest BCUT2D eigenvalue weighted by molar-refractivity contribution is 6.05. The number of rotatable bonds is 7. The minimum atomic E-state index is -0.441. The first-order valence-electron chi connectivity index (χ1n) is 9.30. The quantitative estimate of drug-likeness (QED) is 0.317. The Bertz CT molecular complexity index is 1090. The number of benzene rings is 3. The molecular weight excluding hydrogens is 378 g/mol. The highest BCUT2D eigenvalue weighted by Gasteiger charge is 2.09. The Balaban J connectivity index is 1.66. The van der Waals surface area contributed by atoms with Gasteiger partial charge in [0.05, 0.1) is 6.21 Å². The molecule has 2 amide bonds. The van der Waals surface area contributed by atoms with Crippen molar-refractivity contribution in [3.05, 3.63) is 108 Å². The fourth-order valence-corrected chi connectivity index (χ4v) is 2.79. The van der Waals surface area contributed by atoms with Crippen molar-refractivity contribution in [3.63, 3.8) is 0 Å². The molecule has 3 N–H and O–H groups in total.